The van der Waals surface area contributed by atoms with Crippen molar-refractivity contribution in [3.8, 4) is 5.75 Å². The molecule has 0 bridgehead atoms. The number of primary sulfonamides is 1. The van der Waals surface area contributed by atoms with Gasteiger partial charge >= 0.3 is 12.0 Å². The molecule has 1 saturated heterocycles. The lowest BCUT2D eigenvalue weighted by Gasteiger charge is -2.38. The van der Waals surface area contributed by atoms with Gasteiger partial charge in [0.15, 0.2) is 5.75 Å². The number of hydrogen-bond donors (Lipinski definition) is 4. The second-order valence-electron chi connectivity index (χ2n) is 13.0. The highest BCUT2D eigenvalue weighted by atomic mass is 32.2. The van der Waals surface area contributed by atoms with Gasteiger partial charge in [-0.15, -0.1) is 0 Å². The summed E-state index contributed by atoms with van der Waals surface area (Å²) in [4.78, 5) is 42.0. The molecular weight excluding hydrogens is 662 g/mol. The number of anilines is 3. The first kappa shape index (κ1) is 36.1. The molecule has 14 heteroatoms. The third-order valence-corrected chi connectivity index (χ3v) is 9.25. The van der Waals surface area contributed by atoms with Crippen molar-refractivity contribution in [1.29, 1.82) is 0 Å². The molecule has 1 fully saturated rings. The van der Waals surface area contributed by atoms with Crippen molar-refractivity contribution in [3.05, 3.63) is 95.1 Å². The van der Waals surface area contributed by atoms with E-state index < -0.39 is 45.4 Å². The topological polar surface area (TPSA) is 192 Å². The fraction of sp³-hybridized carbons (Fsp3) is 0.306. The van der Waals surface area contributed by atoms with Gasteiger partial charge in [0.05, 0.1) is 49.7 Å². The number of fused-ring (bicyclic) bond motifs is 1. The number of rotatable bonds is 8. The first-order valence-electron chi connectivity index (χ1n) is 15.8. The van der Waals surface area contributed by atoms with Crippen molar-refractivity contribution >= 4 is 55.8 Å². The standard InChI is InChI=1S/C36H41N5O8S/c1-36(2,3)26-17-28(32(47-4)30(31(26)37)34(43)48-5)40-35(44)39-27-16-15-25(23-13-9-10-14-24(23)27)33(42)41-18-22(20-50(38,45)46)49-29(19-41)21-11-7-6-8-12-21/h6-17,22,29H,18-20,37H2,1-5H3,(H2,38,45,46)(H2,39,40,44). The Hall–Kier alpha value is -5.18. The lowest BCUT2D eigenvalue weighted by molar-refractivity contribution is -0.0676. The summed E-state index contributed by atoms with van der Waals surface area (Å²) < 4.78 is 40.6. The van der Waals surface area contributed by atoms with Gasteiger partial charge in [-0.1, -0.05) is 75.4 Å². The minimum Gasteiger partial charge on any atom is -0.494 e. The summed E-state index contributed by atoms with van der Waals surface area (Å²) in [6.07, 6.45) is -1.41. The van der Waals surface area contributed by atoms with E-state index in [4.69, 9.17) is 25.1 Å². The van der Waals surface area contributed by atoms with Crippen molar-refractivity contribution in [2.24, 2.45) is 5.14 Å². The van der Waals surface area contributed by atoms with Crippen molar-refractivity contribution in [1.82, 2.24) is 4.90 Å². The molecule has 1 aliphatic heterocycles. The zero-order chi connectivity index (χ0) is 36.4. The number of urea groups is 1. The fourth-order valence-electron chi connectivity index (χ4n) is 6.16. The maximum absolute atomic E-state index is 14.1. The Bertz CT molecular complexity index is 2050. The van der Waals surface area contributed by atoms with Crippen LogP contribution in [0.15, 0.2) is 72.8 Å². The molecule has 2 unspecified atom stereocenters. The second kappa shape index (κ2) is 14.4. The molecule has 0 saturated carbocycles. The molecule has 1 aliphatic rings. The zero-order valence-electron chi connectivity index (χ0n) is 28.5. The zero-order valence-corrected chi connectivity index (χ0v) is 29.3. The molecule has 13 nitrogen and oxygen atoms in total. The third kappa shape index (κ3) is 7.83. The SMILES string of the molecule is COC(=O)c1c(N)c(C(C)(C)C)cc(NC(=O)Nc2ccc(C(=O)N3CC(CS(N)(=O)=O)OC(c4ccccc4)C3)c3ccccc23)c1OC. The number of nitrogens with one attached hydrogen (secondary N) is 2. The van der Waals surface area contributed by atoms with Crippen LogP contribution in [0.4, 0.5) is 21.9 Å². The second-order valence-corrected chi connectivity index (χ2v) is 14.7. The smallest absolute Gasteiger partial charge is 0.343 e. The molecule has 4 aromatic rings. The molecule has 2 atom stereocenters. The molecule has 50 heavy (non-hydrogen) atoms. The van der Waals surface area contributed by atoms with Gasteiger partial charge < -0.3 is 35.5 Å². The van der Waals surface area contributed by atoms with Gasteiger partial charge in [0.25, 0.3) is 5.91 Å². The fourth-order valence-corrected chi connectivity index (χ4v) is 6.86. The number of carbonyl (C=O) groups excluding carboxylic acids is 3. The Balaban J connectivity index is 1.46. The van der Waals surface area contributed by atoms with Gasteiger partial charge in [-0.2, -0.15) is 0 Å². The van der Waals surface area contributed by atoms with Crippen LogP contribution in [-0.4, -0.2) is 70.4 Å². The predicted molar refractivity (Wildman–Crippen MR) is 192 cm³/mol. The van der Waals surface area contributed by atoms with E-state index in [1.807, 2.05) is 51.1 Å². The van der Waals surface area contributed by atoms with Gasteiger partial charge in [-0.25, -0.2) is 23.1 Å². The van der Waals surface area contributed by atoms with Crippen LogP contribution in [0.2, 0.25) is 0 Å². The van der Waals surface area contributed by atoms with Crippen molar-refractivity contribution < 1.29 is 37.0 Å². The number of ether oxygens (including phenoxy) is 3. The number of nitrogens with zero attached hydrogens (tertiary/aromatic N) is 1. The Morgan fingerprint density at radius 3 is 2.18 bits per heavy atom. The van der Waals surface area contributed by atoms with E-state index in [9.17, 15) is 22.8 Å². The van der Waals surface area contributed by atoms with E-state index >= 15 is 0 Å². The molecule has 5 rings (SSSR count). The van der Waals surface area contributed by atoms with Crippen LogP contribution in [0.5, 0.6) is 5.75 Å². The molecule has 0 radical (unpaired) electrons. The summed E-state index contributed by atoms with van der Waals surface area (Å²) >= 11 is 0. The molecule has 264 valence electrons. The van der Waals surface area contributed by atoms with E-state index in [0.29, 0.717) is 27.6 Å². The average Bonchev–Trinajstić information content (AvgIpc) is 3.07. The Kier molecular flexibility index (Phi) is 10.4. The highest BCUT2D eigenvalue weighted by molar-refractivity contribution is 7.89. The average molecular weight is 704 g/mol. The number of sulfonamides is 1. The highest BCUT2D eigenvalue weighted by Crippen LogP contribution is 2.41. The first-order chi connectivity index (χ1) is 23.6. The van der Waals surface area contributed by atoms with Crippen LogP contribution in [-0.2, 0) is 24.9 Å². The molecule has 0 spiro atoms. The molecule has 0 aromatic heterocycles. The van der Waals surface area contributed by atoms with Gasteiger partial charge in [-0.05, 0) is 40.1 Å². The molecule has 3 amide bonds. The minimum atomic E-state index is -3.89. The number of hydrogen-bond acceptors (Lipinski definition) is 9. The highest BCUT2D eigenvalue weighted by Gasteiger charge is 2.35. The molecule has 6 N–H and O–H groups in total. The van der Waals surface area contributed by atoms with E-state index in [-0.39, 0.29) is 41.7 Å². The third-order valence-electron chi connectivity index (χ3n) is 8.42. The molecule has 0 aliphatic carbocycles. The summed E-state index contributed by atoms with van der Waals surface area (Å²) in [6.45, 7) is 5.97. The summed E-state index contributed by atoms with van der Waals surface area (Å²) in [6, 6.07) is 20.6. The van der Waals surface area contributed by atoms with Crippen LogP contribution in [0, 0.1) is 0 Å². The number of esters is 1. The summed E-state index contributed by atoms with van der Waals surface area (Å²) in [7, 11) is -1.30. The van der Waals surface area contributed by atoms with Gasteiger partial charge in [-0.3, -0.25) is 4.79 Å². The van der Waals surface area contributed by atoms with Gasteiger partial charge in [0.2, 0.25) is 10.0 Å². The maximum atomic E-state index is 14.1. The summed E-state index contributed by atoms with van der Waals surface area (Å²) in [5, 5.41) is 12.1. The van der Waals surface area contributed by atoms with Gasteiger partial charge in [0, 0.05) is 17.5 Å². The van der Waals surface area contributed by atoms with Crippen LogP contribution in [0.3, 0.4) is 0 Å². The number of methoxy groups -OCH3 is 2. The van der Waals surface area contributed by atoms with Gasteiger partial charge in [0.1, 0.15) is 11.7 Å². The van der Waals surface area contributed by atoms with E-state index in [1.54, 1.807) is 47.4 Å². The largest absolute Gasteiger partial charge is 0.494 e. The van der Waals surface area contributed by atoms with Crippen LogP contribution in [0.25, 0.3) is 10.8 Å². The predicted octanol–water partition coefficient (Wildman–Crippen LogP) is 5.03. The van der Waals surface area contributed by atoms with E-state index in [1.165, 1.54) is 14.2 Å². The lowest BCUT2D eigenvalue weighted by Crippen LogP contribution is -2.49. The quantitative estimate of drug-likeness (QED) is 0.144. The monoisotopic (exact) mass is 703 g/mol. The summed E-state index contributed by atoms with van der Waals surface area (Å²) in [5.41, 5.74) is 8.44. The van der Waals surface area contributed by atoms with E-state index in [2.05, 4.69) is 10.6 Å². The number of nitrogen functional groups attached to an aromatic ring is 1. The first-order valence-corrected chi connectivity index (χ1v) is 17.5. The Morgan fingerprint density at radius 2 is 1.56 bits per heavy atom. The van der Waals surface area contributed by atoms with Crippen molar-refractivity contribution in [2.45, 2.75) is 38.4 Å². The number of morpholine rings is 1. The maximum Gasteiger partial charge on any atom is 0.343 e. The lowest BCUT2D eigenvalue weighted by atomic mass is 9.84. The molecular formula is C36H41N5O8S. The number of amides is 3. The van der Waals surface area contributed by atoms with Crippen LogP contribution < -0.4 is 26.2 Å². The Labute approximate surface area is 290 Å². The minimum absolute atomic E-state index is 0.00467. The number of carbonyl (C=O) groups is 3. The number of nitrogens with two attached hydrogens (primary N) is 2. The van der Waals surface area contributed by atoms with Crippen molar-refractivity contribution in [2.75, 3.05) is 49.4 Å². The normalized spacial score (nSPS) is 16.5. The van der Waals surface area contributed by atoms with Crippen LogP contribution >= 0.6 is 0 Å². The molecule has 1 heterocycles. The van der Waals surface area contributed by atoms with E-state index in [0.717, 1.165) is 5.56 Å². The molecule has 4 aromatic carbocycles. The van der Waals surface area contributed by atoms with Crippen molar-refractivity contribution in [3.63, 3.8) is 0 Å². The number of benzene rings is 4. The summed E-state index contributed by atoms with van der Waals surface area (Å²) in [5.74, 6) is -1.46. The Morgan fingerprint density at radius 1 is 0.920 bits per heavy atom. The van der Waals surface area contributed by atoms with Crippen LogP contribution in [0.1, 0.15) is 58.7 Å².